The molecule has 4 heterocycles. The van der Waals surface area contributed by atoms with Crippen LogP contribution < -0.4 is 30.9 Å². The summed E-state index contributed by atoms with van der Waals surface area (Å²) in [7, 11) is 0. The molecule has 11 heteroatoms. The zero-order valence-corrected chi connectivity index (χ0v) is 18.9. The first-order valence-electron chi connectivity index (χ1n) is 11.0. The third-order valence-corrected chi connectivity index (χ3v) is 5.60. The van der Waals surface area contributed by atoms with E-state index in [1.54, 1.807) is 26.0 Å². The third-order valence-electron chi connectivity index (χ3n) is 5.60. The average Bonchev–Trinajstić information content (AvgIpc) is 2.83. The monoisotopic (exact) mass is 464 g/mol. The van der Waals surface area contributed by atoms with Crippen LogP contribution >= 0.6 is 0 Å². The maximum absolute atomic E-state index is 14.4. The van der Waals surface area contributed by atoms with Crippen molar-refractivity contribution in [1.29, 1.82) is 0 Å². The largest absolute Gasteiger partial charge is 0.474 e. The van der Waals surface area contributed by atoms with Crippen molar-refractivity contribution in [3.8, 4) is 5.75 Å². The Morgan fingerprint density at radius 3 is 2.59 bits per heavy atom. The summed E-state index contributed by atoms with van der Waals surface area (Å²) in [6.07, 6.45) is 1.08. The fraction of sp³-hybridized carbons (Fsp3) is 0.304. The maximum Gasteiger partial charge on any atom is 0.269 e. The summed E-state index contributed by atoms with van der Waals surface area (Å²) in [5, 5.41) is 12.0. The Labute approximate surface area is 196 Å². The average molecular weight is 465 g/mol. The number of benzene rings is 1. The second-order valence-corrected chi connectivity index (χ2v) is 8.53. The molecule has 34 heavy (non-hydrogen) atoms. The maximum atomic E-state index is 14.4. The lowest BCUT2D eigenvalue weighted by Gasteiger charge is -2.30. The molecule has 10 nitrogen and oxygen atoms in total. The molecule has 0 bridgehead atoms. The first-order valence-corrected chi connectivity index (χ1v) is 11.0. The summed E-state index contributed by atoms with van der Waals surface area (Å²) in [6.45, 7) is 7.20. The highest BCUT2D eigenvalue weighted by Crippen LogP contribution is 2.33. The standard InChI is InChI=1S/C23H25FN8O2/c1-23(2)21(33)30-20-17(34-23)7-8-18(29-20)28-19-16(24)13-26-22(31-19)27-14-3-5-15(6-4-14)32-11-9-25-10-12-32/h3-8,13,25H,9-12H2,1-2H3,(H3,26,27,28,29,30,31,33). The lowest BCUT2D eigenvalue weighted by atomic mass is 10.1. The number of carbonyl (C=O) groups is 1. The van der Waals surface area contributed by atoms with Crippen molar-refractivity contribution in [2.24, 2.45) is 0 Å². The Balaban J connectivity index is 1.30. The predicted molar refractivity (Wildman–Crippen MR) is 128 cm³/mol. The van der Waals surface area contributed by atoms with E-state index in [0.29, 0.717) is 11.6 Å². The molecule has 2 aromatic heterocycles. The molecule has 2 aliphatic heterocycles. The molecule has 5 rings (SSSR count). The topological polar surface area (TPSA) is 116 Å². The van der Waals surface area contributed by atoms with Gasteiger partial charge in [0.1, 0.15) is 5.82 Å². The van der Waals surface area contributed by atoms with Crippen molar-refractivity contribution < 1.29 is 13.9 Å². The van der Waals surface area contributed by atoms with Gasteiger partial charge >= 0.3 is 0 Å². The summed E-state index contributed by atoms with van der Waals surface area (Å²) < 4.78 is 20.1. The molecule has 1 amide bonds. The molecule has 0 saturated carbocycles. The Bertz CT molecular complexity index is 1210. The number of fused-ring (bicyclic) bond motifs is 1. The number of hydrogen-bond acceptors (Lipinski definition) is 9. The van der Waals surface area contributed by atoms with Crippen molar-refractivity contribution in [3.05, 3.63) is 48.4 Å². The highest BCUT2D eigenvalue weighted by molar-refractivity contribution is 5.99. The van der Waals surface area contributed by atoms with Gasteiger partial charge < -0.3 is 30.9 Å². The fourth-order valence-electron chi connectivity index (χ4n) is 3.71. The quantitative estimate of drug-likeness (QED) is 0.452. The zero-order valence-electron chi connectivity index (χ0n) is 18.9. The number of nitrogens with one attached hydrogen (secondary N) is 4. The van der Waals surface area contributed by atoms with Gasteiger partial charge in [-0.1, -0.05) is 0 Å². The number of rotatable bonds is 5. The summed E-state index contributed by atoms with van der Waals surface area (Å²) in [4.78, 5) is 27.0. The zero-order chi connectivity index (χ0) is 23.7. The second kappa shape index (κ2) is 8.75. The summed E-state index contributed by atoms with van der Waals surface area (Å²) in [5.74, 6) is 0.219. The number of amides is 1. The van der Waals surface area contributed by atoms with Crippen molar-refractivity contribution in [2.45, 2.75) is 19.4 Å². The number of hydrogen-bond donors (Lipinski definition) is 4. The van der Waals surface area contributed by atoms with Gasteiger partial charge in [0.2, 0.25) is 5.95 Å². The Kier molecular flexibility index (Phi) is 5.62. The van der Waals surface area contributed by atoms with Crippen LogP contribution in [0.5, 0.6) is 5.75 Å². The lowest BCUT2D eigenvalue weighted by molar-refractivity contribution is -0.129. The molecule has 4 N–H and O–H groups in total. The van der Waals surface area contributed by atoms with E-state index in [-0.39, 0.29) is 23.5 Å². The van der Waals surface area contributed by atoms with E-state index in [2.05, 4.69) is 41.1 Å². The van der Waals surface area contributed by atoms with Crippen molar-refractivity contribution in [1.82, 2.24) is 20.3 Å². The van der Waals surface area contributed by atoms with Crippen LogP contribution in [0.1, 0.15) is 13.8 Å². The predicted octanol–water partition coefficient (Wildman–Crippen LogP) is 3.02. The number of piperazine rings is 1. The molecule has 1 fully saturated rings. The number of halogens is 1. The first-order chi connectivity index (χ1) is 16.4. The Hall–Kier alpha value is -3.99. The van der Waals surface area contributed by atoms with Gasteiger partial charge in [-0.15, -0.1) is 0 Å². The molecule has 0 atom stereocenters. The van der Waals surface area contributed by atoms with E-state index in [9.17, 15) is 9.18 Å². The van der Waals surface area contributed by atoms with E-state index in [0.717, 1.165) is 43.8 Å². The van der Waals surface area contributed by atoms with Gasteiger partial charge in [0, 0.05) is 37.6 Å². The van der Waals surface area contributed by atoms with Crippen LogP contribution in [0, 0.1) is 5.82 Å². The van der Waals surface area contributed by atoms with Gasteiger partial charge in [0.15, 0.2) is 28.8 Å². The molecule has 1 aromatic carbocycles. The van der Waals surface area contributed by atoms with Gasteiger partial charge in [-0.2, -0.15) is 4.98 Å². The minimum atomic E-state index is -0.994. The molecular weight excluding hydrogens is 439 g/mol. The molecule has 176 valence electrons. The van der Waals surface area contributed by atoms with Crippen molar-refractivity contribution in [2.75, 3.05) is 47.0 Å². The summed E-state index contributed by atoms with van der Waals surface area (Å²) in [5.41, 5.74) is 0.935. The van der Waals surface area contributed by atoms with Crippen LogP contribution in [-0.4, -0.2) is 52.6 Å². The smallest absolute Gasteiger partial charge is 0.269 e. The van der Waals surface area contributed by atoms with Gasteiger partial charge in [0.25, 0.3) is 5.91 Å². The van der Waals surface area contributed by atoms with Crippen LogP contribution in [-0.2, 0) is 4.79 Å². The second-order valence-electron chi connectivity index (χ2n) is 8.53. The van der Waals surface area contributed by atoms with Crippen molar-refractivity contribution >= 4 is 40.7 Å². The molecular formula is C23H25FN8O2. The summed E-state index contributed by atoms with van der Waals surface area (Å²) in [6, 6.07) is 11.2. The van der Waals surface area contributed by atoms with E-state index in [4.69, 9.17) is 4.74 Å². The summed E-state index contributed by atoms with van der Waals surface area (Å²) >= 11 is 0. The van der Waals surface area contributed by atoms with E-state index >= 15 is 0 Å². The highest BCUT2D eigenvalue weighted by Gasteiger charge is 2.36. The minimum Gasteiger partial charge on any atom is -0.474 e. The third kappa shape index (κ3) is 4.55. The molecule has 1 saturated heterocycles. The Morgan fingerprint density at radius 1 is 1.06 bits per heavy atom. The Morgan fingerprint density at radius 2 is 1.82 bits per heavy atom. The normalized spacial score (nSPS) is 16.8. The van der Waals surface area contributed by atoms with Crippen LogP contribution in [0.15, 0.2) is 42.6 Å². The number of ether oxygens (including phenoxy) is 1. The number of anilines is 6. The van der Waals surface area contributed by atoms with Crippen LogP contribution in [0.3, 0.4) is 0 Å². The first kappa shape index (κ1) is 21.8. The fourth-order valence-corrected chi connectivity index (χ4v) is 3.71. The molecule has 2 aliphatic rings. The molecule has 0 unspecified atom stereocenters. The number of aromatic nitrogens is 3. The molecule has 0 aliphatic carbocycles. The number of nitrogens with zero attached hydrogens (tertiary/aromatic N) is 4. The van der Waals surface area contributed by atoms with E-state index in [1.807, 2.05) is 24.3 Å². The van der Waals surface area contributed by atoms with Gasteiger partial charge in [-0.25, -0.2) is 14.4 Å². The SMILES string of the molecule is CC1(C)Oc2ccc(Nc3nc(Nc4ccc(N5CCNCC5)cc4)ncc3F)nc2NC1=O. The highest BCUT2D eigenvalue weighted by atomic mass is 19.1. The van der Waals surface area contributed by atoms with E-state index < -0.39 is 11.4 Å². The van der Waals surface area contributed by atoms with Crippen molar-refractivity contribution in [3.63, 3.8) is 0 Å². The van der Waals surface area contributed by atoms with Gasteiger partial charge in [0.05, 0.1) is 6.20 Å². The molecule has 0 spiro atoms. The van der Waals surface area contributed by atoms with E-state index in [1.165, 1.54) is 0 Å². The van der Waals surface area contributed by atoms with Gasteiger partial charge in [-0.3, -0.25) is 4.79 Å². The van der Waals surface area contributed by atoms with Crippen LogP contribution in [0.4, 0.5) is 39.2 Å². The van der Waals surface area contributed by atoms with Crippen LogP contribution in [0.2, 0.25) is 0 Å². The molecule has 3 aromatic rings. The number of carbonyl (C=O) groups excluding carboxylic acids is 1. The number of pyridine rings is 1. The molecule has 0 radical (unpaired) electrons. The van der Waals surface area contributed by atoms with Gasteiger partial charge in [-0.05, 0) is 50.2 Å². The minimum absolute atomic E-state index is 0.0502. The van der Waals surface area contributed by atoms with Crippen LogP contribution in [0.25, 0.3) is 0 Å². The lowest BCUT2D eigenvalue weighted by Crippen LogP contribution is -2.46.